The molecule has 0 unspecified atom stereocenters. The summed E-state index contributed by atoms with van der Waals surface area (Å²) in [7, 11) is 1.50. The predicted molar refractivity (Wildman–Crippen MR) is 74.1 cm³/mol. The van der Waals surface area contributed by atoms with Gasteiger partial charge in [-0.05, 0) is 24.3 Å². The fourth-order valence-electron chi connectivity index (χ4n) is 2.00. The van der Waals surface area contributed by atoms with E-state index in [9.17, 15) is 4.79 Å². The number of hydrogen-bond donors (Lipinski definition) is 0. The van der Waals surface area contributed by atoms with Crippen LogP contribution in [0.25, 0.3) is 0 Å². The maximum atomic E-state index is 12.4. The Balaban J connectivity index is 1.88. The van der Waals surface area contributed by atoms with Crippen molar-refractivity contribution >= 4 is 5.78 Å². The van der Waals surface area contributed by atoms with Gasteiger partial charge in [-0.1, -0.05) is 0 Å². The number of methoxy groups -OCH3 is 1. The van der Waals surface area contributed by atoms with E-state index in [1.807, 2.05) is 0 Å². The van der Waals surface area contributed by atoms with Crippen molar-refractivity contribution in [2.75, 3.05) is 20.3 Å². The predicted octanol–water partition coefficient (Wildman–Crippen LogP) is 1.88. The van der Waals surface area contributed by atoms with Crippen LogP contribution in [0.15, 0.2) is 30.3 Å². The van der Waals surface area contributed by atoms with Crippen molar-refractivity contribution in [2.45, 2.75) is 6.42 Å². The first-order chi connectivity index (χ1) is 10.3. The summed E-state index contributed by atoms with van der Waals surface area (Å²) in [5, 5.41) is 7.66. The van der Waals surface area contributed by atoms with Crippen molar-refractivity contribution in [1.29, 1.82) is 0 Å². The number of fused-ring (bicyclic) bond motifs is 1. The Labute approximate surface area is 121 Å². The molecule has 0 spiro atoms. The topological polar surface area (TPSA) is 70.5 Å². The van der Waals surface area contributed by atoms with Gasteiger partial charge < -0.3 is 14.2 Å². The van der Waals surface area contributed by atoms with Gasteiger partial charge in [0.25, 0.3) is 0 Å². The molecule has 0 aliphatic carbocycles. The molecular formula is C15H14N2O4. The maximum Gasteiger partial charge on any atom is 0.233 e. The van der Waals surface area contributed by atoms with Crippen LogP contribution in [-0.4, -0.2) is 36.3 Å². The first kappa shape index (κ1) is 13.4. The molecule has 3 rings (SSSR count). The van der Waals surface area contributed by atoms with E-state index < -0.39 is 0 Å². The van der Waals surface area contributed by atoms with Gasteiger partial charge in [0.1, 0.15) is 5.69 Å². The molecule has 0 amide bonds. The number of carbonyl (C=O) groups excluding carboxylic acids is 1. The molecule has 0 N–H and O–H groups in total. The zero-order chi connectivity index (χ0) is 14.7. The molecule has 1 aliphatic heterocycles. The molecule has 1 aromatic heterocycles. The van der Waals surface area contributed by atoms with Crippen molar-refractivity contribution in [3.05, 3.63) is 41.6 Å². The van der Waals surface area contributed by atoms with Crippen molar-refractivity contribution < 1.29 is 19.0 Å². The molecule has 1 aliphatic rings. The van der Waals surface area contributed by atoms with Crippen LogP contribution in [0.5, 0.6) is 17.4 Å². The summed E-state index contributed by atoms with van der Waals surface area (Å²) in [6.07, 6.45) is 0.821. The van der Waals surface area contributed by atoms with Gasteiger partial charge in [0, 0.05) is 18.1 Å². The molecule has 0 bridgehead atoms. The van der Waals surface area contributed by atoms with Gasteiger partial charge in [-0.25, -0.2) is 0 Å². The summed E-state index contributed by atoms with van der Waals surface area (Å²) in [6, 6.07) is 8.29. The molecular weight excluding hydrogens is 272 g/mol. The first-order valence-corrected chi connectivity index (χ1v) is 6.60. The van der Waals surface area contributed by atoms with E-state index in [2.05, 4.69) is 10.2 Å². The third-order valence-corrected chi connectivity index (χ3v) is 3.09. The second-order valence-electron chi connectivity index (χ2n) is 4.50. The minimum absolute atomic E-state index is 0.221. The summed E-state index contributed by atoms with van der Waals surface area (Å²) >= 11 is 0. The Morgan fingerprint density at radius 2 is 1.90 bits per heavy atom. The fraction of sp³-hybridized carbons (Fsp3) is 0.267. The lowest BCUT2D eigenvalue weighted by Gasteiger charge is -2.08. The summed E-state index contributed by atoms with van der Waals surface area (Å²) < 4.78 is 16.0. The molecule has 108 valence electrons. The Bertz CT molecular complexity index is 655. The molecule has 6 heteroatoms. The SMILES string of the molecule is COc1ccc(C(=O)c2ccc3c(c2)OCCCO3)nn1. The molecule has 6 nitrogen and oxygen atoms in total. The molecule has 2 aromatic rings. The summed E-state index contributed by atoms with van der Waals surface area (Å²) in [5.41, 5.74) is 0.740. The van der Waals surface area contributed by atoms with Crippen LogP contribution in [-0.2, 0) is 0 Å². The van der Waals surface area contributed by atoms with E-state index in [1.165, 1.54) is 7.11 Å². The molecule has 2 heterocycles. The number of rotatable bonds is 3. The summed E-state index contributed by atoms with van der Waals surface area (Å²) in [6.45, 7) is 1.19. The van der Waals surface area contributed by atoms with E-state index >= 15 is 0 Å². The lowest BCUT2D eigenvalue weighted by molar-refractivity contribution is 0.103. The van der Waals surface area contributed by atoms with Crippen LogP contribution in [0, 0.1) is 0 Å². The summed E-state index contributed by atoms with van der Waals surface area (Å²) in [5.74, 6) is 1.38. The molecule has 0 saturated heterocycles. The van der Waals surface area contributed by atoms with Crippen LogP contribution in [0.2, 0.25) is 0 Å². The van der Waals surface area contributed by atoms with Crippen molar-refractivity contribution in [3.63, 3.8) is 0 Å². The zero-order valence-electron chi connectivity index (χ0n) is 11.5. The van der Waals surface area contributed by atoms with Crippen LogP contribution in [0.3, 0.4) is 0 Å². The fourth-order valence-corrected chi connectivity index (χ4v) is 2.00. The molecule has 0 saturated carbocycles. The van der Waals surface area contributed by atoms with E-state index in [0.717, 1.165) is 6.42 Å². The third-order valence-electron chi connectivity index (χ3n) is 3.09. The highest BCUT2D eigenvalue weighted by molar-refractivity contribution is 6.07. The van der Waals surface area contributed by atoms with E-state index in [4.69, 9.17) is 14.2 Å². The van der Waals surface area contributed by atoms with Gasteiger partial charge in [-0.3, -0.25) is 4.79 Å². The number of nitrogens with zero attached hydrogens (tertiary/aromatic N) is 2. The highest BCUT2D eigenvalue weighted by atomic mass is 16.5. The Hall–Kier alpha value is -2.63. The molecule has 21 heavy (non-hydrogen) atoms. The van der Waals surface area contributed by atoms with Crippen LogP contribution >= 0.6 is 0 Å². The normalized spacial score (nSPS) is 13.4. The Kier molecular flexibility index (Phi) is 3.68. The lowest BCUT2D eigenvalue weighted by atomic mass is 10.1. The highest BCUT2D eigenvalue weighted by Gasteiger charge is 2.16. The number of ketones is 1. The number of carbonyl (C=O) groups is 1. The van der Waals surface area contributed by atoms with E-state index in [0.29, 0.717) is 36.2 Å². The number of ether oxygens (including phenoxy) is 3. The minimum Gasteiger partial charge on any atom is -0.490 e. The largest absolute Gasteiger partial charge is 0.490 e. The maximum absolute atomic E-state index is 12.4. The van der Waals surface area contributed by atoms with Crippen molar-refractivity contribution in [1.82, 2.24) is 10.2 Å². The second-order valence-corrected chi connectivity index (χ2v) is 4.50. The average Bonchev–Trinajstić information content (AvgIpc) is 2.79. The van der Waals surface area contributed by atoms with Crippen LogP contribution < -0.4 is 14.2 Å². The van der Waals surface area contributed by atoms with Gasteiger partial charge in [0.15, 0.2) is 11.5 Å². The number of aromatic nitrogens is 2. The Morgan fingerprint density at radius 1 is 1.10 bits per heavy atom. The van der Waals surface area contributed by atoms with E-state index in [-0.39, 0.29) is 11.5 Å². The summed E-state index contributed by atoms with van der Waals surface area (Å²) in [4.78, 5) is 12.4. The second kappa shape index (κ2) is 5.78. The number of benzene rings is 1. The third kappa shape index (κ3) is 2.79. The zero-order valence-corrected chi connectivity index (χ0v) is 11.5. The van der Waals surface area contributed by atoms with Gasteiger partial charge in [-0.15, -0.1) is 10.2 Å². The van der Waals surface area contributed by atoms with Gasteiger partial charge in [-0.2, -0.15) is 0 Å². The average molecular weight is 286 g/mol. The van der Waals surface area contributed by atoms with Crippen molar-refractivity contribution in [2.24, 2.45) is 0 Å². The minimum atomic E-state index is -0.221. The smallest absolute Gasteiger partial charge is 0.233 e. The highest BCUT2D eigenvalue weighted by Crippen LogP contribution is 2.31. The quantitative estimate of drug-likeness (QED) is 0.802. The van der Waals surface area contributed by atoms with Crippen LogP contribution in [0.1, 0.15) is 22.5 Å². The van der Waals surface area contributed by atoms with Gasteiger partial charge in [0.05, 0.1) is 20.3 Å². The monoisotopic (exact) mass is 286 g/mol. The number of hydrogen-bond acceptors (Lipinski definition) is 6. The molecule has 0 fully saturated rings. The Morgan fingerprint density at radius 3 is 2.62 bits per heavy atom. The van der Waals surface area contributed by atoms with Gasteiger partial charge in [0.2, 0.25) is 11.7 Å². The standard InChI is InChI=1S/C15H14N2O4/c1-19-14-6-4-11(16-17-14)15(18)10-3-5-12-13(9-10)21-8-2-7-20-12/h3-6,9H,2,7-8H2,1H3. The molecule has 1 aromatic carbocycles. The van der Waals surface area contributed by atoms with Crippen molar-refractivity contribution in [3.8, 4) is 17.4 Å². The lowest BCUT2D eigenvalue weighted by Crippen LogP contribution is -2.06. The molecule has 0 atom stereocenters. The van der Waals surface area contributed by atoms with Crippen LogP contribution in [0.4, 0.5) is 0 Å². The van der Waals surface area contributed by atoms with E-state index in [1.54, 1.807) is 30.3 Å². The first-order valence-electron chi connectivity index (χ1n) is 6.60. The molecule has 0 radical (unpaired) electrons. The van der Waals surface area contributed by atoms with Gasteiger partial charge >= 0.3 is 0 Å².